The SMILES string of the molecule is CN1CCCC1n1cc(CN)c(=O)[nH]c1=O. The Bertz CT molecular complexity index is 490. The molecule has 0 aromatic carbocycles. The van der Waals surface area contributed by atoms with Crippen LogP contribution in [0.15, 0.2) is 15.8 Å². The van der Waals surface area contributed by atoms with Gasteiger partial charge >= 0.3 is 5.69 Å². The van der Waals surface area contributed by atoms with Gasteiger partial charge in [-0.25, -0.2) is 4.79 Å². The molecule has 1 aliphatic rings. The second kappa shape index (κ2) is 4.23. The van der Waals surface area contributed by atoms with Crippen molar-refractivity contribution in [1.82, 2.24) is 14.5 Å². The van der Waals surface area contributed by atoms with Gasteiger partial charge in [0, 0.05) is 18.3 Å². The number of rotatable bonds is 2. The van der Waals surface area contributed by atoms with E-state index >= 15 is 0 Å². The average Bonchev–Trinajstić information content (AvgIpc) is 2.65. The van der Waals surface area contributed by atoms with Crippen LogP contribution in [0.5, 0.6) is 0 Å². The average molecular weight is 224 g/mol. The van der Waals surface area contributed by atoms with Crippen LogP contribution < -0.4 is 17.0 Å². The highest BCUT2D eigenvalue weighted by atomic mass is 16.2. The lowest BCUT2D eigenvalue weighted by Gasteiger charge is -2.21. The molecule has 0 bridgehead atoms. The summed E-state index contributed by atoms with van der Waals surface area (Å²) in [7, 11) is 1.97. The monoisotopic (exact) mass is 224 g/mol. The summed E-state index contributed by atoms with van der Waals surface area (Å²) < 4.78 is 1.57. The smallest absolute Gasteiger partial charge is 0.326 e. The van der Waals surface area contributed by atoms with Crippen LogP contribution in [0.1, 0.15) is 24.6 Å². The lowest BCUT2D eigenvalue weighted by atomic mass is 10.3. The van der Waals surface area contributed by atoms with Crippen molar-refractivity contribution in [3.05, 3.63) is 32.6 Å². The van der Waals surface area contributed by atoms with Crippen molar-refractivity contribution in [3.8, 4) is 0 Å². The van der Waals surface area contributed by atoms with E-state index in [9.17, 15) is 9.59 Å². The van der Waals surface area contributed by atoms with Gasteiger partial charge in [0.25, 0.3) is 5.56 Å². The molecular formula is C10H16N4O2. The first-order chi connectivity index (χ1) is 7.63. The molecule has 6 heteroatoms. The van der Waals surface area contributed by atoms with Crippen molar-refractivity contribution in [2.75, 3.05) is 13.6 Å². The van der Waals surface area contributed by atoms with Gasteiger partial charge in [-0.2, -0.15) is 0 Å². The van der Waals surface area contributed by atoms with Gasteiger partial charge in [0.15, 0.2) is 0 Å². The zero-order valence-electron chi connectivity index (χ0n) is 9.27. The third-order valence-electron chi connectivity index (χ3n) is 3.06. The number of H-pyrrole nitrogens is 1. The molecule has 16 heavy (non-hydrogen) atoms. The largest absolute Gasteiger partial charge is 0.329 e. The lowest BCUT2D eigenvalue weighted by molar-refractivity contribution is 0.229. The topological polar surface area (TPSA) is 84.1 Å². The summed E-state index contributed by atoms with van der Waals surface area (Å²) in [6, 6.07) is 0. The molecule has 1 atom stereocenters. The minimum absolute atomic E-state index is 0.0367. The number of hydrogen-bond acceptors (Lipinski definition) is 4. The van der Waals surface area contributed by atoms with Crippen molar-refractivity contribution in [2.45, 2.75) is 25.6 Å². The van der Waals surface area contributed by atoms with E-state index in [0.717, 1.165) is 19.4 Å². The van der Waals surface area contributed by atoms with E-state index < -0.39 is 0 Å². The summed E-state index contributed by atoms with van der Waals surface area (Å²) >= 11 is 0. The fraction of sp³-hybridized carbons (Fsp3) is 0.600. The van der Waals surface area contributed by atoms with Gasteiger partial charge < -0.3 is 5.73 Å². The molecule has 0 aliphatic carbocycles. The molecule has 0 spiro atoms. The summed E-state index contributed by atoms with van der Waals surface area (Å²) in [5.41, 5.74) is 5.15. The van der Waals surface area contributed by atoms with Crippen LogP contribution >= 0.6 is 0 Å². The third-order valence-corrected chi connectivity index (χ3v) is 3.06. The van der Waals surface area contributed by atoms with Crippen LogP contribution in [0.3, 0.4) is 0 Å². The number of aromatic amines is 1. The van der Waals surface area contributed by atoms with Crippen LogP contribution in [-0.2, 0) is 6.54 Å². The van der Waals surface area contributed by atoms with Crippen LogP contribution in [0.4, 0.5) is 0 Å². The predicted molar refractivity (Wildman–Crippen MR) is 60.1 cm³/mol. The Kier molecular flexibility index (Phi) is 2.93. The Hall–Kier alpha value is -1.40. The fourth-order valence-electron chi connectivity index (χ4n) is 2.14. The van der Waals surface area contributed by atoms with Gasteiger partial charge in [0.2, 0.25) is 0 Å². The van der Waals surface area contributed by atoms with Crippen molar-refractivity contribution >= 4 is 0 Å². The number of hydrogen-bond donors (Lipinski definition) is 2. The maximum atomic E-state index is 11.7. The highest BCUT2D eigenvalue weighted by Gasteiger charge is 2.23. The highest BCUT2D eigenvalue weighted by molar-refractivity contribution is 5.04. The second-order valence-corrected chi connectivity index (χ2v) is 4.13. The van der Waals surface area contributed by atoms with Crippen molar-refractivity contribution in [2.24, 2.45) is 5.73 Å². The maximum Gasteiger partial charge on any atom is 0.329 e. The van der Waals surface area contributed by atoms with E-state index in [0.29, 0.717) is 5.56 Å². The molecule has 3 N–H and O–H groups in total. The predicted octanol–water partition coefficient (Wildman–Crippen LogP) is -0.780. The van der Waals surface area contributed by atoms with E-state index in [-0.39, 0.29) is 24.0 Å². The van der Waals surface area contributed by atoms with E-state index in [1.54, 1.807) is 10.8 Å². The van der Waals surface area contributed by atoms with Crippen LogP contribution in [0, 0.1) is 0 Å². The molecule has 1 saturated heterocycles. The maximum absolute atomic E-state index is 11.7. The van der Waals surface area contributed by atoms with E-state index in [1.807, 2.05) is 7.05 Å². The standard InChI is InChI=1S/C10H16N4O2/c1-13-4-2-3-8(13)14-6-7(5-11)9(15)12-10(14)16/h6,8H,2-5,11H2,1H3,(H,12,15,16). The van der Waals surface area contributed by atoms with E-state index in [2.05, 4.69) is 9.88 Å². The molecule has 0 saturated carbocycles. The zero-order chi connectivity index (χ0) is 11.7. The number of nitrogens with two attached hydrogens (primary N) is 1. The minimum Gasteiger partial charge on any atom is -0.326 e. The molecule has 2 rings (SSSR count). The van der Waals surface area contributed by atoms with E-state index in [4.69, 9.17) is 5.73 Å². The number of nitrogens with zero attached hydrogens (tertiary/aromatic N) is 2. The summed E-state index contributed by atoms with van der Waals surface area (Å²) in [6.07, 6.45) is 3.60. The van der Waals surface area contributed by atoms with Gasteiger partial charge in [-0.3, -0.25) is 19.2 Å². The van der Waals surface area contributed by atoms with Gasteiger partial charge in [-0.05, 0) is 26.4 Å². The first-order valence-electron chi connectivity index (χ1n) is 5.38. The number of likely N-dealkylation sites (tertiary alicyclic amines) is 1. The van der Waals surface area contributed by atoms with Gasteiger partial charge in [0.05, 0.1) is 6.17 Å². The quantitative estimate of drug-likeness (QED) is 0.690. The normalized spacial score (nSPS) is 21.5. The summed E-state index contributed by atoms with van der Waals surface area (Å²) in [4.78, 5) is 27.4. The van der Waals surface area contributed by atoms with Gasteiger partial charge in [-0.1, -0.05) is 0 Å². The lowest BCUT2D eigenvalue weighted by Crippen LogP contribution is -2.38. The highest BCUT2D eigenvalue weighted by Crippen LogP contribution is 2.22. The molecule has 1 fully saturated rings. The first-order valence-corrected chi connectivity index (χ1v) is 5.38. The Labute approximate surface area is 92.7 Å². The molecular weight excluding hydrogens is 208 g/mol. The molecule has 1 aromatic rings. The molecule has 1 aliphatic heterocycles. The molecule has 88 valence electrons. The molecule has 0 radical (unpaired) electrons. The third kappa shape index (κ3) is 1.81. The molecule has 6 nitrogen and oxygen atoms in total. The van der Waals surface area contributed by atoms with Crippen LogP contribution in [0.2, 0.25) is 0 Å². The summed E-state index contributed by atoms with van der Waals surface area (Å²) in [5.74, 6) is 0. The Balaban J connectivity index is 2.48. The number of nitrogens with one attached hydrogen (secondary N) is 1. The summed E-state index contributed by atoms with van der Waals surface area (Å²) in [6.45, 7) is 1.11. The Morgan fingerprint density at radius 1 is 1.56 bits per heavy atom. The molecule has 0 amide bonds. The molecule has 1 aromatic heterocycles. The molecule has 1 unspecified atom stereocenters. The van der Waals surface area contributed by atoms with Crippen molar-refractivity contribution < 1.29 is 0 Å². The van der Waals surface area contributed by atoms with Crippen molar-refractivity contribution in [3.63, 3.8) is 0 Å². The van der Waals surface area contributed by atoms with E-state index in [1.165, 1.54) is 0 Å². The first kappa shape index (κ1) is 11.1. The fourth-order valence-corrected chi connectivity index (χ4v) is 2.14. The van der Waals surface area contributed by atoms with Crippen LogP contribution in [0.25, 0.3) is 0 Å². The Morgan fingerprint density at radius 3 is 2.88 bits per heavy atom. The van der Waals surface area contributed by atoms with Gasteiger partial charge in [-0.15, -0.1) is 0 Å². The zero-order valence-corrected chi connectivity index (χ0v) is 9.27. The minimum atomic E-state index is -0.385. The van der Waals surface area contributed by atoms with Gasteiger partial charge in [0.1, 0.15) is 0 Å². The Morgan fingerprint density at radius 2 is 2.31 bits per heavy atom. The second-order valence-electron chi connectivity index (χ2n) is 4.13. The van der Waals surface area contributed by atoms with Crippen molar-refractivity contribution in [1.29, 1.82) is 0 Å². The number of aromatic nitrogens is 2. The van der Waals surface area contributed by atoms with Crippen LogP contribution in [-0.4, -0.2) is 28.0 Å². The summed E-state index contributed by atoms with van der Waals surface area (Å²) in [5, 5.41) is 0. The molecule has 2 heterocycles.